The van der Waals surface area contributed by atoms with Gasteiger partial charge >= 0.3 is 0 Å². The first-order valence-electron chi connectivity index (χ1n) is 8.13. The smallest absolute Gasteiger partial charge is 0.254 e. The average molecular weight is 318 g/mol. The van der Waals surface area contributed by atoms with Crippen LogP contribution in [0.1, 0.15) is 40.5 Å². The number of aliphatic hydroxyl groups is 1. The maximum Gasteiger partial charge on any atom is 0.254 e. The van der Waals surface area contributed by atoms with Gasteiger partial charge in [0.2, 0.25) is 0 Å². The van der Waals surface area contributed by atoms with Gasteiger partial charge in [0.15, 0.2) is 0 Å². The van der Waals surface area contributed by atoms with Crippen LogP contribution < -0.4 is 11.3 Å². The van der Waals surface area contributed by atoms with Crippen molar-refractivity contribution >= 4 is 5.70 Å². The molecular formula is C19H30N2O2. The fourth-order valence-electron chi connectivity index (χ4n) is 1.91. The van der Waals surface area contributed by atoms with Crippen LogP contribution in [0.2, 0.25) is 0 Å². The van der Waals surface area contributed by atoms with Crippen LogP contribution in [0.5, 0.6) is 0 Å². The lowest BCUT2D eigenvalue weighted by Gasteiger charge is -2.08. The molecule has 0 aliphatic rings. The summed E-state index contributed by atoms with van der Waals surface area (Å²) in [5, 5.41) is 8.96. The Balaban J connectivity index is 0.00000232. The second-order valence-electron chi connectivity index (χ2n) is 4.94. The number of aliphatic hydroxyl groups excluding tert-OH is 1. The van der Waals surface area contributed by atoms with Gasteiger partial charge in [-0.1, -0.05) is 38.1 Å². The van der Waals surface area contributed by atoms with Gasteiger partial charge in [-0.3, -0.25) is 9.36 Å². The molecule has 0 saturated heterocycles. The standard InChI is InChI=1S/C17H24N2O2.C2H6/c1-3-6-15(10-11-16(18)13-20)9-8-14(2)19-12-5-4-7-17(19)21;1-2/h3-9,12,16,20H,10-11,13,18H2,1-2H3;1-2H3/b6-3-,14-8+,15-9+;. The van der Waals surface area contributed by atoms with Gasteiger partial charge in [-0.05, 0) is 44.4 Å². The molecule has 1 aromatic heterocycles. The van der Waals surface area contributed by atoms with E-state index in [4.69, 9.17) is 10.8 Å². The van der Waals surface area contributed by atoms with Crippen LogP contribution in [-0.4, -0.2) is 22.3 Å². The van der Waals surface area contributed by atoms with E-state index in [9.17, 15) is 4.79 Å². The summed E-state index contributed by atoms with van der Waals surface area (Å²) in [6.07, 6.45) is 11.2. The molecule has 0 bridgehead atoms. The van der Waals surface area contributed by atoms with E-state index in [2.05, 4.69) is 0 Å². The largest absolute Gasteiger partial charge is 0.395 e. The van der Waals surface area contributed by atoms with Gasteiger partial charge in [0, 0.05) is 24.0 Å². The average Bonchev–Trinajstić information content (AvgIpc) is 2.58. The molecule has 3 N–H and O–H groups in total. The van der Waals surface area contributed by atoms with Crippen molar-refractivity contribution in [1.82, 2.24) is 4.57 Å². The topological polar surface area (TPSA) is 68.2 Å². The molecule has 0 amide bonds. The van der Waals surface area contributed by atoms with Crippen LogP contribution in [0.25, 0.3) is 5.70 Å². The zero-order valence-electron chi connectivity index (χ0n) is 14.7. The van der Waals surface area contributed by atoms with Gasteiger partial charge in [0.1, 0.15) is 0 Å². The Morgan fingerprint density at radius 1 is 1.35 bits per heavy atom. The number of rotatable bonds is 7. The maximum atomic E-state index is 11.7. The zero-order chi connectivity index (χ0) is 17.7. The molecule has 0 aliphatic heterocycles. The number of nitrogens with two attached hydrogens (primary N) is 1. The van der Waals surface area contributed by atoms with Crippen molar-refractivity contribution in [3.05, 3.63) is 64.6 Å². The normalized spacial score (nSPS) is 13.7. The van der Waals surface area contributed by atoms with Crippen molar-refractivity contribution in [3.63, 3.8) is 0 Å². The quantitative estimate of drug-likeness (QED) is 0.758. The maximum absolute atomic E-state index is 11.7. The Morgan fingerprint density at radius 2 is 2.04 bits per heavy atom. The third kappa shape index (κ3) is 8.33. The summed E-state index contributed by atoms with van der Waals surface area (Å²) in [6, 6.07) is 4.90. The zero-order valence-corrected chi connectivity index (χ0v) is 14.7. The molecule has 1 rings (SSSR count). The Kier molecular flexibility index (Phi) is 11.6. The summed E-state index contributed by atoms with van der Waals surface area (Å²) in [6.45, 7) is 7.85. The third-order valence-electron chi connectivity index (χ3n) is 3.16. The molecule has 0 aliphatic carbocycles. The number of pyridine rings is 1. The van der Waals surface area contributed by atoms with Crippen molar-refractivity contribution in [2.24, 2.45) is 5.73 Å². The minimum atomic E-state index is -0.194. The van der Waals surface area contributed by atoms with E-state index in [-0.39, 0.29) is 18.2 Å². The molecule has 0 aromatic carbocycles. The van der Waals surface area contributed by atoms with E-state index in [0.29, 0.717) is 0 Å². The number of nitrogens with zero attached hydrogens (tertiary/aromatic N) is 1. The van der Waals surface area contributed by atoms with E-state index in [1.165, 1.54) is 6.07 Å². The van der Waals surface area contributed by atoms with Crippen molar-refractivity contribution in [2.45, 2.75) is 46.6 Å². The summed E-state index contributed by atoms with van der Waals surface area (Å²) >= 11 is 0. The molecule has 4 heteroatoms. The van der Waals surface area contributed by atoms with Gasteiger partial charge in [-0.2, -0.15) is 0 Å². The Morgan fingerprint density at radius 3 is 2.61 bits per heavy atom. The van der Waals surface area contributed by atoms with E-state index in [1.807, 2.05) is 58.1 Å². The second-order valence-corrected chi connectivity index (χ2v) is 4.94. The van der Waals surface area contributed by atoms with Crippen LogP contribution in [0.4, 0.5) is 0 Å². The minimum absolute atomic E-state index is 0.00258. The second kappa shape index (κ2) is 12.6. The Bertz CT molecular complexity index is 583. The molecule has 1 aromatic rings. The molecule has 23 heavy (non-hydrogen) atoms. The molecule has 0 radical (unpaired) electrons. The summed E-state index contributed by atoms with van der Waals surface area (Å²) in [7, 11) is 0. The first-order valence-corrected chi connectivity index (χ1v) is 8.13. The molecule has 4 nitrogen and oxygen atoms in total. The van der Waals surface area contributed by atoms with Gasteiger partial charge < -0.3 is 10.8 Å². The summed E-state index contributed by atoms with van der Waals surface area (Å²) in [5.74, 6) is 0. The van der Waals surface area contributed by atoms with Crippen molar-refractivity contribution in [1.29, 1.82) is 0 Å². The first kappa shape index (κ1) is 21.1. The molecule has 128 valence electrons. The lowest BCUT2D eigenvalue weighted by molar-refractivity contribution is 0.260. The molecule has 1 atom stereocenters. The van der Waals surface area contributed by atoms with Crippen LogP contribution >= 0.6 is 0 Å². The van der Waals surface area contributed by atoms with E-state index in [1.54, 1.807) is 16.8 Å². The van der Waals surface area contributed by atoms with Crippen LogP contribution in [-0.2, 0) is 0 Å². The molecule has 0 spiro atoms. The molecule has 1 heterocycles. The predicted octanol–water partition coefficient (Wildman–Crippen LogP) is 3.34. The number of allylic oxidation sites excluding steroid dienone is 6. The van der Waals surface area contributed by atoms with E-state index in [0.717, 1.165) is 24.1 Å². The van der Waals surface area contributed by atoms with Crippen LogP contribution in [0.3, 0.4) is 0 Å². The third-order valence-corrected chi connectivity index (χ3v) is 3.16. The highest BCUT2D eigenvalue weighted by Crippen LogP contribution is 2.10. The minimum Gasteiger partial charge on any atom is -0.395 e. The Hall–Kier alpha value is -1.91. The van der Waals surface area contributed by atoms with Crippen molar-refractivity contribution in [3.8, 4) is 0 Å². The highest BCUT2D eigenvalue weighted by atomic mass is 16.3. The molecular weight excluding hydrogens is 288 g/mol. The fraction of sp³-hybridized carbons (Fsp3) is 0.421. The first-order chi connectivity index (χ1) is 11.1. The van der Waals surface area contributed by atoms with Crippen LogP contribution in [0.15, 0.2) is 59.1 Å². The van der Waals surface area contributed by atoms with Gasteiger partial charge in [-0.25, -0.2) is 0 Å². The highest BCUT2D eigenvalue weighted by Gasteiger charge is 2.01. The van der Waals surface area contributed by atoms with Gasteiger partial charge in [0.05, 0.1) is 6.61 Å². The summed E-state index contributed by atoms with van der Waals surface area (Å²) in [5.41, 5.74) is 7.65. The number of aromatic nitrogens is 1. The highest BCUT2D eigenvalue weighted by molar-refractivity contribution is 5.46. The number of hydrogen-bond acceptors (Lipinski definition) is 3. The van der Waals surface area contributed by atoms with Crippen molar-refractivity contribution in [2.75, 3.05) is 6.61 Å². The van der Waals surface area contributed by atoms with E-state index < -0.39 is 0 Å². The van der Waals surface area contributed by atoms with Gasteiger partial charge in [0.25, 0.3) is 5.56 Å². The monoisotopic (exact) mass is 318 g/mol. The van der Waals surface area contributed by atoms with E-state index >= 15 is 0 Å². The lowest BCUT2D eigenvalue weighted by Crippen LogP contribution is -2.23. The SMILES string of the molecule is CC.C\C=C/C(=C\C=C(/C)n1ccccc1=O)CCC(N)CO. The predicted molar refractivity (Wildman–Crippen MR) is 99.2 cm³/mol. The van der Waals surface area contributed by atoms with Gasteiger partial charge in [-0.15, -0.1) is 0 Å². The number of hydrogen-bond donors (Lipinski definition) is 2. The summed E-state index contributed by atoms with van der Waals surface area (Å²) in [4.78, 5) is 11.7. The van der Waals surface area contributed by atoms with Crippen LogP contribution in [0, 0.1) is 0 Å². The molecule has 1 unspecified atom stereocenters. The lowest BCUT2D eigenvalue weighted by atomic mass is 10.1. The van der Waals surface area contributed by atoms with Crippen molar-refractivity contribution < 1.29 is 5.11 Å². The molecule has 0 saturated carbocycles. The molecule has 0 fully saturated rings. The summed E-state index contributed by atoms with van der Waals surface area (Å²) < 4.78 is 1.60. The Labute approximate surface area is 139 Å². The fourth-order valence-corrected chi connectivity index (χ4v) is 1.91.